The summed E-state index contributed by atoms with van der Waals surface area (Å²) in [4.78, 5) is 24.5. The van der Waals surface area contributed by atoms with E-state index in [2.05, 4.69) is 27.7 Å². The van der Waals surface area contributed by atoms with Crippen LogP contribution in [0.3, 0.4) is 0 Å². The fourth-order valence-electron chi connectivity index (χ4n) is 1.85. The minimum Gasteiger partial charge on any atom is -0.394 e. The highest BCUT2D eigenvalue weighted by atomic mass is 16.2. The summed E-state index contributed by atoms with van der Waals surface area (Å²) in [6, 6.07) is 0. The largest absolute Gasteiger partial charge is 0.394 e. The Morgan fingerprint density at radius 3 is 1.75 bits per heavy atom. The second kappa shape index (κ2) is 4.68. The molecule has 0 fully saturated rings. The summed E-state index contributed by atoms with van der Waals surface area (Å²) >= 11 is 0. The second-order valence-corrected chi connectivity index (χ2v) is 5.11. The number of anilines is 2. The van der Waals surface area contributed by atoms with Crippen molar-refractivity contribution < 1.29 is 0 Å². The summed E-state index contributed by atoms with van der Waals surface area (Å²) in [5.41, 5.74) is 5.16. The zero-order valence-electron chi connectivity index (χ0n) is 10.4. The first-order valence-corrected chi connectivity index (χ1v) is 5.68. The molecular weight excluding hydrogens is 204 g/mol. The summed E-state index contributed by atoms with van der Waals surface area (Å²) in [5, 5.41) is 0. The summed E-state index contributed by atoms with van der Waals surface area (Å²) < 4.78 is 0. The van der Waals surface area contributed by atoms with Gasteiger partial charge in [-0.3, -0.25) is 9.59 Å². The number of hydrogen-bond donors (Lipinski definition) is 1. The van der Waals surface area contributed by atoms with E-state index in [0.29, 0.717) is 17.5 Å². The lowest BCUT2D eigenvalue weighted by Gasteiger charge is -2.29. The van der Waals surface area contributed by atoms with E-state index in [-0.39, 0.29) is 5.69 Å². The van der Waals surface area contributed by atoms with E-state index >= 15 is 0 Å². The van der Waals surface area contributed by atoms with Crippen LogP contribution in [0.15, 0.2) is 9.59 Å². The van der Waals surface area contributed by atoms with Crippen LogP contribution in [-0.4, -0.2) is 13.1 Å². The molecule has 1 aromatic rings. The molecule has 1 aromatic carbocycles. The highest BCUT2D eigenvalue weighted by Crippen LogP contribution is 2.19. The molecule has 0 bridgehead atoms. The van der Waals surface area contributed by atoms with Crippen molar-refractivity contribution in [3.63, 3.8) is 0 Å². The van der Waals surface area contributed by atoms with Crippen molar-refractivity contribution in [1.29, 1.82) is 0 Å². The standard InChI is InChI=1S/C12H20N2O2/c1-7(2)5-14(6-8(3)4)10-9(13)11(15)12(10)16/h7-8H,5-6,13H2,1-4H3. The van der Waals surface area contributed by atoms with E-state index in [1.807, 2.05) is 4.90 Å². The van der Waals surface area contributed by atoms with E-state index in [0.717, 1.165) is 13.1 Å². The number of rotatable bonds is 5. The summed E-state index contributed by atoms with van der Waals surface area (Å²) in [6.07, 6.45) is 0. The van der Waals surface area contributed by atoms with Crippen LogP contribution < -0.4 is 21.5 Å². The van der Waals surface area contributed by atoms with Crippen LogP contribution >= 0.6 is 0 Å². The number of nitrogen functional groups attached to an aromatic ring is 1. The molecule has 0 aliphatic rings. The summed E-state index contributed by atoms with van der Waals surface area (Å²) in [5.74, 6) is 0.866. The third-order valence-electron chi connectivity index (χ3n) is 2.41. The number of hydrogen-bond acceptors (Lipinski definition) is 4. The highest BCUT2D eigenvalue weighted by molar-refractivity contribution is 5.72. The monoisotopic (exact) mass is 224 g/mol. The van der Waals surface area contributed by atoms with Gasteiger partial charge in [0, 0.05) is 13.1 Å². The zero-order valence-corrected chi connectivity index (χ0v) is 10.4. The minimum atomic E-state index is -0.535. The van der Waals surface area contributed by atoms with Gasteiger partial charge in [-0.05, 0) is 11.8 Å². The van der Waals surface area contributed by atoms with Gasteiger partial charge in [0.25, 0.3) is 10.9 Å². The molecule has 0 atom stereocenters. The molecule has 0 aliphatic carbocycles. The lowest BCUT2D eigenvalue weighted by molar-refractivity contribution is 0.551. The van der Waals surface area contributed by atoms with Crippen molar-refractivity contribution in [3.05, 3.63) is 20.4 Å². The molecule has 0 aromatic heterocycles. The molecule has 1 rings (SSSR count). The summed E-state index contributed by atoms with van der Waals surface area (Å²) in [6.45, 7) is 9.83. The molecule has 0 saturated heterocycles. The molecule has 0 radical (unpaired) electrons. The average Bonchev–Trinajstić information content (AvgIpc) is 2.15. The van der Waals surface area contributed by atoms with Crippen LogP contribution in [0.4, 0.5) is 11.4 Å². The maximum absolute atomic E-state index is 11.4. The molecule has 0 spiro atoms. The van der Waals surface area contributed by atoms with Crippen LogP contribution in [0.1, 0.15) is 27.7 Å². The molecule has 0 unspecified atom stereocenters. The van der Waals surface area contributed by atoms with Gasteiger partial charge in [0.15, 0.2) is 0 Å². The van der Waals surface area contributed by atoms with Crippen LogP contribution in [-0.2, 0) is 0 Å². The van der Waals surface area contributed by atoms with E-state index in [1.54, 1.807) is 0 Å². The van der Waals surface area contributed by atoms with Gasteiger partial charge in [-0.15, -0.1) is 0 Å². The molecule has 2 N–H and O–H groups in total. The smallest absolute Gasteiger partial charge is 0.253 e. The number of nitrogens with two attached hydrogens (primary N) is 1. The predicted octanol–water partition coefficient (Wildman–Crippen LogP) is 0.983. The van der Waals surface area contributed by atoms with E-state index in [1.165, 1.54) is 0 Å². The molecule has 4 nitrogen and oxygen atoms in total. The predicted molar refractivity (Wildman–Crippen MR) is 67.7 cm³/mol. The van der Waals surface area contributed by atoms with Gasteiger partial charge in [-0.2, -0.15) is 0 Å². The first-order valence-electron chi connectivity index (χ1n) is 5.68. The lowest BCUT2D eigenvalue weighted by atomic mass is 10.1. The SMILES string of the molecule is CC(C)CN(CC(C)C)c1c(N)c(=O)c1=O. The molecule has 0 saturated carbocycles. The van der Waals surface area contributed by atoms with Crippen molar-refractivity contribution in [3.8, 4) is 0 Å². The third-order valence-corrected chi connectivity index (χ3v) is 2.41. The highest BCUT2D eigenvalue weighted by Gasteiger charge is 2.24. The topological polar surface area (TPSA) is 63.4 Å². The summed E-state index contributed by atoms with van der Waals surface area (Å²) in [7, 11) is 0. The Hall–Kier alpha value is -1.32. The molecule has 4 heteroatoms. The van der Waals surface area contributed by atoms with Crippen molar-refractivity contribution in [2.75, 3.05) is 23.7 Å². The fraction of sp³-hybridized carbons (Fsp3) is 0.667. The van der Waals surface area contributed by atoms with Crippen molar-refractivity contribution in [2.45, 2.75) is 27.7 Å². The molecule has 0 aliphatic heterocycles. The molecule has 16 heavy (non-hydrogen) atoms. The minimum absolute atomic E-state index is 0.131. The van der Waals surface area contributed by atoms with Gasteiger partial charge in [0.2, 0.25) is 0 Å². The van der Waals surface area contributed by atoms with Crippen LogP contribution in [0.2, 0.25) is 0 Å². The van der Waals surface area contributed by atoms with Gasteiger partial charge in [0.1, 0.15) is 11.4 Å². The Morgan fingerprint density at radius 1 is 1.00 bits per heavy atom. The molecule has 0 heterocycles. The van der Waals surface area contributed by atoms with Gasteiger partial charge >= 0.3 is 0 Å². The van der Waals surface area contributed by atoms with E-state index in [4.69, 9.17) is 5.73 Å². The Balaban J connectivity index is 2.94. The van der Waals surface area contributed by atoms with Crippen LogP contribution in [0, 0.1) is 11.8 Å². The quantitative estimate of drug-likeness (QED) is 0.757. The Labute approximate surface area is 95.8 Å². The average molecular weight is 224 g/mol. The molecular formula is C12H20N2O2. The first kappa shape index (κ1) is 12.7. The maximum atomic E-state index is 11.4. The third kappa shape index (κ3) is 2.43. The molecule has 90 valence electrons. The second-order valence-electron chi connectivity index (χ2n) is 5.11. The van der Waals surface area contributed by atoms with E-state index in [9.17, 15) is 9.59 Å². The lowest BCUT2D eigenvalue weighted by Crippen LogP contribution is -2.45. The van der Waals surface area contributed by atoms with Gasteiger partial charge in [-0.1, -0.05) is 27.7 Å². The fourth-order valence-corrected chi connectivity index (χ4v) is 1.85. The van der Waals surface area contributed by atoms with Crippen molar-refractivity contribution >= 4 is 11.4 Å². The van der Waals surface area contributed by atoms with Gasteiger partial charge in [0.05, 0.1) is 0 Å². The van der Waals surface area contributed by atoms with Crippen LogP contribution in [0.5, 0.6) is 0 Å². The Kier molecular flexibility index (Phi) is 3.73. The normalized spacial score (nSPS) is 11.6. The number of nitrogens with zero attached hydrogens (tertiary/aromatic N) is 1. The first-order chi connectivity index (χ1) is 7.34. The van der Waals surface area contributed by atoms with Crippen molar-refractivity contribution in [2.24, 2.45) is 11.8 Å². The van der Waals surface area contributed by atoms with Gasteiger partial charge < -0.3 is 10.6 Å². The van der Waals surface area contributed by atoms with Crippen molar-refractivity contribution in [1.82, 2.24) is 0 Å². The van der Waals surface area contributed by atoms with E-state index < -0.39 is 10.9 Å². The maximum Gasteiger partial charge on any atom is 0.253 e. The van der Waals surface area contributed by atoms with Gasteiger partial charge in [-0.25, -0.2) is 0 Å². The Bertz CT molecular complexity index is 418. The zero-order chi connectivity index (χ0) is 12.5. The Morgan fingerprint density at radius 2 is 1.44 bits per heavy atom. The van der Waals surface area contributed by atoms with Crippen LogP contribution in [0.25, 0.3) is 0 Å². The molecule has 0 amide bonds.